The van der Waals surface area contributed by atoms with Crippen LogP contribution in [-0.2, 0) is 0 Å². The molecule has 20 heavy (non-hydrogen) atoms. The van der Waals surface area contributed by atoms with Crippen molar-refractivity contribution >= 4 is 11.9 Å². The summed E-state index contributed by atoms with van der Waals surface area (Å²) in [6.45, 7) is 7.52. The van der Waals surface area contributed by atoms with Crippen molar-refractivity contribution in [1.82, 2.24) is 19.9 Å². The Balaban J connectivity index is 2.17. The second-order valence-electron chi connectivity index (χ2n) is 5.01. The molecule has 112 valence electrons. The molecule has 8 heteroatoms. The Kier molecular flexibility index (Phi) is 4.91. The average Bonchev–Trinajstić information content (AvgIpc) is 2.47. The topological polar surface area (TPSA) is 92.4 Å². The van der Waals surface area contributed by atoms with E-state index >= 15 is 0 Å². The maximum Gasteiger partial charge on any atom is 0.323 e. The molecule has 0 radical (unpaired) electrons. The molecule has 1 saturated heterocycles. The van der Waals surface area contributed by atoms with Crippen LogP contribution in [0.1, 0.15) is 20.3 Å². The number of nitrogens with zero attached hydrogens (tertiary/aromatic N) is 5. The van der Waals surface area contributed by atoms with Gasteiger partial charge in [-0.2, -0.15) is 15.0 Å². The fourth-order valence-electron chi connectivity index (χ4n) is 2.04. The molecule has 1 aromatic rings. The van der Waals surface area contributed by atoms with Crippen LogP contribution in [0, 0.1) is 0 Å². The van der Waals surface area contributed by atoms with Crippen LogP contribution < -0.4 is 20.9 Å². The van der Waals surface area contributed by atoms with Crippen LogP contribution in [0.2, 0.25) is 0 Å². The number of piperazine rings is 1. The molecule has 0 bridgehead atoms. The fourth-order valence-corrected chi connectivity index (χ4v) is 2.04. The summed E-state index contributed by atoms with van der Waals surface area (Å²) in [6.07, 6.45) is 0.901. The minimum Gasteiger partial charge on any atom is -0.463 e. The van der Waals surface area contributed by atoms with Crippen LogP contribution in [0.3, 0.4) is 0 Å². The van der Waals surface area contributed by atoms with Crippen LogP contribution >= 0.6 is 0 Å². The quantitative estimate of drug-likeness (QED) is 0.579. The lowest BCUT2D eigenvalue weighted by molar-refractivity contribution is 0.232. The number of ether oxygens (including phenoxy) is 1. The molecule has 2 heterocycles. The van der Waals surface area contributed by atoms with Crippen LogP contribution in [0.5, 0.6) is 6.01 Å². The number of aromatic nitrogens is 3. The van der Waals surface area contributed by atoms with Gasteiger partial charge in [-0.15, -0.1) is 0 Å². The number of rotatable bonds is 5. The summed E-state index contributed by atoms with van der Waals surface area (Å²) in [6, 6.07) is 0.770. The third kappa shape index (κ3) is 3.45. The average molecular weight is 281 g/mol. The van der Waals surface area contributed by atoms with Crippen molar-refractivity contribution in [3.63, 3.8) is 0 Å². The molecule has 1 aromatic heterocycles. The molecule has 1 fully saturated rings. The Morgan fingerprint density at radius 2 is 2.15 bits per heavy atom. The lowest BCUT2D eigenvalue weighted by atomic mass is 10.2. The van der Waals surface area contributed by atoms with E-state index in [1.807, 2.05) is 6.92 Å². The zero-order valence-electron chi connectivity index (χ0n) is 12.3. The van der Waals surface area contributed by atoms with E-state index in [-0.39, 0.29) is 0 Å². The molecule has 0 aromatic carbocycles. The third-order valence-corrected chi connectivity index (χ3v) is 3.41. The Bertz CT molecular complexity index is 442. The van der Waals surface area contributed by atoms with Gasteiger partial charge in [-0.05, 0) is 20.4 Å². The molecular weight excluding hydrogens is 258 g/mol. The largest absolute Gasteiger partial charge is 0.463 e. The highest BCUT2D eigenvalue weighted by atomic mass is 16.5. The van der Waals surface area contributed by atoms with E-state index in [0.717, 1.165) is 26.1 Å². The number of nitrogens with two attached hydrogens (primary N) is 1. The molecule has 0 spiro atoms. The first-order valence-corrected chi connectivity index (χ1v) is 6.94. The van der Waals surface area contributed by atoms with E-state index in [4.69, 9.17) is 10.6 Å². The number of nitrogen functional groups attached to an aromatic ring is 1. The van der Waals surface area contributed by atoms with Crippen molar-refractivity contribution in [1.29, 1.82) is 0 Å². The Morgan fingerprint density at radius 3 is 2.80 bits per heavy atom. The normalized spacial score (nSPS) is 20.0. The van der Waals surface area contributed by atoms with E-state index in [1.54, 1.807) is 0 Å². The van der Waals surface area contributed by atoms with Crippen molar-refractivity contribution in [2.24, 2.45) is 5.84 Å². The SMILES string of the molecule is CCCOc1nc(NN)nc(N2CCN(C)C(C)C2)n1. The van der Waals surface area contributed by atoms with Gasteiger partial charge in [0, 0.05) is 25.7 Å². The van der Waals surface area contributed by atoms with Crippen molar-refractivity contribution in [2.75, 3.05) is 43.6 Å². The second kappa shape index (κ2) is 6.67. The highest BCUT2D eigenvalue weighted by Gasteiger charge is 2.23. The molecule has 3 N–H and O–H groups in total. The fraction of sp³-hybridized carbons (Fsp3) is 0.750. The van der Waals surface area contributed by atoms with Gasteiger partial charge in [0.15, 0.2) is 0 Å². The summed E-state index contributed by atoms with van der Waals surface area (Å²) < 4.78 is 5.48. The monoisotopic (exact) mass is 281 g/mol. The summed E-state index contributed by atoms with van der Waals surface area (Å²) in [5.41, 5.74) is 2.46. The molecule has 2 rings (SSSR count). The van der Waals surface area contributed by atoms with Crippen molar-refractivity contribution < 1.29 is 4.74 Å². The van der Waals surface area contributed by atoms with Gasteiger partial charge in [-0.3, -0.25) is 5.43 Å². The summed E-state index contributed by atoms with van der Waals surface area (Å²) in [5.74, 6) is 6.35. The predicted octanol–water partition coefficient (Wildman–Crippen LogP) is 0.0863. The Labute approximate surface area is 119 Å². The second-order valence-corrected chi connectivity index (χ2v) is 5.01. The van der Waals surface area contributed by atoms with E-state index in [9.17, 15) is 0 Å². The summed E-state index contributed by atoms with van der Waals surface area (Å²) in [4.78, 5) is 17.2. The third-order valence-electron chi connectivity index (χ3n) is 3.41. The maximum atomic E-state index is 5.48. The van der Waals surface area contributed by atoms with Crippen LogP contribution in [-0.4, -0.2) is 59.2 Å². The van der Waals surface area contributed by atoms with Gasteiger partial charge >= 0.3 is 6.01 Å². The number of hydrazine groups is 1. The summed E-state index contributed by atoms with van der Waals surface area (Å²) >= 11 is 0. The van der Waals surface area contributed by atoms with Gasteiger partial charge in [0.05, 0.1) is 6.61 Å². The van der Waals surface area contributed by atoms with Crippen LogP contribution in [0.4, 0.5) is 11.9 Å². The summed E-state index contributed by atoms with van der Waals surface area (Å²) in [5, 5.41) is 0. The highest BCUT2D eigenvalue weighted by molar-refractivity contribution is 5.38. The molecule has 8 nitrogen and oxygen atoms in total. The Morgan fingerprint density at radius 1 is 1.35 bits per heavy atom. The van der Waals surface area contributed by atoms with Crippen molar-refractivity contribution in [3.05, 3.63) is 0 Å². The molecule has 1 atom stereocenters. The zero-order chi connectivity index (χ0) is 14.5. The minimum absolute atomic E-state index is 0.316. The molecule has 0 saturated carbocycles. The molecular formula is C12H23N7O. The first-order chi connectivity index (χ1) is 9.63. The number of hydrogen-bond acceptors (Lipinski definition) is 8. The van der Waals surface area contributed by atoms with Gasteiger partial charge in [-0.25, -0.2) is 5.84 Å². The number of anilines is 2. The molecule has 1 aliphatic rings. The van der Waals surface area contributed by atoms with Gasteiger partial charge in [0.1, 0.15) is 0 Å². The van der Waals surface area contributed by atoms with E-state index in [1.165, 1.54) is 0 Å². The van der Waals surface area contributed by atoms with Gasteiger partial charge < -0.3 is 14.5 Å². The highest BCUT2D eigenvalue weighted by Crippen LogP contribution is 2.18. The van der Waals surface area contributed by atoms with Gasteiger partial charge in [-0.1, -0.05) is 6.92 Å². The lowest BCUT2D eigenvalue weighted by Gasteiger charge is -2.37. The van der Waals surface area contributed by atoms with Gasteiger partial charge in [0.25, 0.3) is 0 Å². The van der Waals surface area contributed by atoms with Crippen molar-refractivity contribution in [3.8, 4) is 6.01 Å². The van der Waals surface area contributed by atoms with Crippen LogP contribution in [0.15, 0.2) is 0 Å². The number of hydrogen-bond donors (Lipinski definition) is 2. The molecule has 1 aliphatic heterocycles. The molecule has 0 aliphatic carbocycles. The minimum atomic E-state index is 0.316. The van der Waals surface area contributed by atoms with Gasteiger partial charge in [0.2, 0.25) is 11.9 Å². The van der Waals surface area contributed by atoms with E-state index in [2.05, 4.69) is 44.1 Å². The zero-order valence-corrected chi connectivity index (χ0v) is 12.3. The molecule has 1 unspecified atom stereocenters. The van der Waals surface area contributed by atoms with Crippen molar-refractivity contribution in [2.45, 2.75) is 26.3 Å². The van der Waals surface area contributed by atoms with E-state index in [0.29, 0.717) is 30.6 Å². The lowest BCUT2D eigenvalue weighted by Crippen LogP contribution is -2.50. The molecule has 0 amide bonds. The standard InChI is InChI=1S/C12H23N7O/c1-4-7-20-12-15-10(17-13)14-11(16-12)19-6-5-18(3)9(2)8-19/h9H,4-8,13H2,1-3H3,(H,14,15,16,17). The smallest absolute Gasteiger partial charge is 0.323 e. The van der Waals surface area contributed by atoms with E-state index < -0.39 is 0 Å². The summed E-state index contributed by atoms with van der Waals surface area (Å²) in [7, 11) is 2.12. The maximum absolute atomic E-state index is 5.48. The first-order valence-electron chi connectivity index (χ1n) is 6.94. The predicted molar refractivity (Wildman–Crippen MR) is 77.7 cm³/mol. The van der Waals surface area contributed by atoms with Crippen LogP contribution in [0.25, 0.3) is 0 Å². The number of nitrogens with one attached hydrogen (secondary N) is 1. The first kappa shape index (κ1) is 14.7. The number of likely N-dealkylation sites (N-methyl/N-ethyl adjacent to an activating group) is 1. The Hall–Kier alpha value is -1.67.